The van der Waals surface area contributed by atoms with Gasteiger partial charge in [0, 0.05) is 11.0 Å². The van der Waals surface area contributed by atoms with E-state index in [0.29, 0.717) is 12.5 Å². The van der Waals surface area contributed by atoms with Gasteiger partial charge in [0.15, 0.2) is 4.90 Å². The van der Waals surface area contributed by atoms with Crippen LogP contribution in [-0.2, 0) is 10.0 Å². The second-order valence-electron chi connectivity index (χ2n) is 3.31. The molecule has 9 heteroatoms. The lowest BCUT2D eigenvalue weighted by Gasteiger charge is -2.06. The van der Waals surface area contributed by atoms with Crippen LogP contribution in [0.15, 0.2) is 23.1 Å². The van der Waals surface area contributed by atoms with E-state index in [1.807, 2.05) is 0 Å². The number of nitro groups is 1. The number of benzene rings is 1. The molecule has 0 aliphatic rings. The van der Waals surface area contributed by atoms with Gasteiger partial charge in [0.2, 0.25) is 10.0 Å². The molecule has 1 rings (SSSR count). The highest BCUT2D eigenvalue weighted by atomic mass is 127. The maximum Gasteiger partial charge on any atom is 0.292 e. The first kappa shape index (κ1) is 15.2. The maximum atomic E-state index is 12.9. The summed E-state index contributed by atoms with van der Waals surface area (Å²) in [5.74, 6) is -0.854. The van der Waals surface area contributed by atoms with Crippen LogP contribution < -0.4 is 4.72 Å². The largest absolute Gasteiger partial charge is 0.292 e. The second kappa shape index (κ2) is 6.38. The van der Waals surface area contributed by atoms with Gasteiger partial charge in [0.1, 0.15) is 5.82 Å². The number of rotatable bonds is 6. The van der Waals surface area contributed by atoms with Crippen LogP contribution in [0.5, 0.6) is 0 Å². The van der Waals surface area contributed by atoms with E-state index in [9.17, 15) is 22.9 Å². The fourth-order valence-electron chi connectivity index (χ4n) is 1.21. The fraction of sp³-hybridized carbons (Fsp3) is 0.333. The van der Waals surface area contributed by atoms with Crippen molar-refractivity contribution in [2.75, 3.05) is 11.0 Å². The molecule has 18 heavy (non-hydrogen) atoms. The van der Waals surface area contributed by atoms with E-state index in [1.165, 1.54) is 0 Å². The number of nitro benzene ring substituents is 1. The Morgan fingerprint density at radius 2 is 2.11 bits per heavy atom. The quantitative estimate of drug-likeness (QED) is 0.265. The smallest absolute Gasteiger partial charge is 0.258 e. The summed E-state index contributed by atoms with van der Waals surface area (Å²) in [7, 11) is -3.99. The normalized spacial score (nSPS) is 11.4. The van der Waals surface area contributed by atoms with Crippen LogP contribution in [0, 0.1) is 15.9 Å². The molecule has 0 saturated heterocycles. The average Bonchev–Trinajstić information content (AvgIpc) is 2.28. The predicted molar refractivity (Wildman–Crippen MR) is 71.7 cm³/mol. The molecule has 0 atom stereocenters. The van der Waals surface area contributed by atoms with Crippen LogP contribution >= 0.6 is 22.6 Å². The van der Waals surface area contributed by atoms with Crippen molar-refractivity contribution in [3.63, 3.8) is 0 Å². The monoisotopic (exact) mass is 388 g/mol. The highest BCUT2D eigenvalue weighted by molar-refractivity contribution is 14.1. The molecule has 0 aromatic heterocycles. The van der Waals surface area contributed by atoms with Crippen LogP contribution in [0.25, 0.3) is 0 Å². The number of nitrogens with zero attached hydrogens (tertiary/aromatic N) is 1. The third kappa shape index (κ3) is 3.85. The zero-order valence-corrected chi connectivity index (χ0v) is 12.1. The lowest BCUT2D eigenvalue weighted by molar-refractivity contribution is -0.388. The minimum atomic E-state index is -3.99. The van der Waals surface area contributed by atoms with Crippen LogP contribution in [-0.4, -0.2) is 24.3 Å². The van der Waals surface area contributed by atoms with Gasteiger partial charge in [-0.1, -0.05) is 22.6 Å². The lowest BCUT2D eigenvalue weighted by Crippen LogP contribution is -2.25. The van der Waals surface area contributed by atoms with E-state index in [-0.39, 0.29) is 6.54 Å². The highest BCUT2D eigenvalue weighted by Gasteiger charge is 2.25. The van der Waals surface area contributed by atoms with Crippen LogP contribution in [0.1, 0.15) is 6.42 Å². The Kier molecular flexibility index (Phi) is 5.41. The fourth-order valence-corrected chi connectivity index (χ4v) is 2.82. The van der Waals surface area contributed by atoms with Gasteiger partial charge in [-0.05, 0) is 18.6 Å². The van der Waals surface area contributed by atoms with Crippen molar-refractivity contribution in [2.24, 2.45) is 0 Å². The van der Waals surface area contributed by atoms with E-state index < -0.39 is 31.3 Å². The first-order valence-corrected chi connectivity index (χ1v) is 7.89. The van der Waals surface area contributed by atoms with Crippen molar-refractivity contribution in [3.8, 4) is 0 Å². The molecule has 0 aliphatic heterocycles. The summed E-state index contributed by atoms with van der Waals surface area (Å²) in [5.41, 5.74) is -0.767. The molecule has 0 aliphatic carbocycles. The molecule has 100 valence electrons. The van der Waals surface area contributed by atoms with Crippen molar-refractivity contribution in [1.82, 2.24) is 4.72 Å². The van der Waals surface area contributed by atoms with Crippen LogP contribution in [0.3, 0.4) is 0 Å². The Labute approximate surface area is 117 Å². The zero-order valence-electron chi connectivity index (χ0n) is 9.10. The van der Waals surface area contributed by atoms with Gasteiger partial charge in [-0.25, -0.2) is 17.5 Å². The van der Waals surface area contributed by atoms with Gasteiger partial charge in [-0.2, -0.15) is 0 Å². The Balaban J connectivity index is 3.12. The third-order valence-electron chi connectivity index (χ3n) is 2.01. The molecule has 0 amide bonds. The van der Waals surface area contributed by atoms with Crippen LogP contribution in [0.2, 0.25) is 0 Å². The Morgan fingerprint density at radius 1 is 1.44 bits per heavy atom. The molecular weight excluding hydrogens is 378 g/mol. The molecule has 1 aromatic carbocycles. The highest BCUT2D eigenvalue weighted by Crippen LogP contribution is 2.24. The molecule has 0 bridgehead atoms. The van der Waals surface area contributed by atoms with Gasteiger partial charge in [-0.15, -0.1) is 0 Å². The van der Waals surface area contributed by atoms with Crippen molar-refractivity contribution in [2.45, 2.75) is 11.3 Å². The minimum Gasteiger partial charge on any atom is -0.258 e. The summed E-state index contributed by atoms with van der Waals surface area (Å²) in [5, 5.41) is 10.7. The van der Waals surface area contributed by atoms with E-state index in [2.05, 4.69) is 27.3 Å². The van der Waals surface area contributed by atoms with Gasteiger partial charge >= 0.3 is 0 Å². The Hall–Kier alpha value is -0.810. The summed E-state index contributed by atoms with van der Waals surface area (Å²) in [6.45, 7) is 0.180. The molecule has 0 radical (unpaired) electrons. The molecule has 1 aromatic rings. The van der Waals surface area contributed by atoms with E-state index >= 15 is 0 Å². The summed E-state index contributed by atoms with van der Waals surface area (Å²) in [6, 6.07) is 2.35. The molecule has 0 heterocycles. The number of nitrogens with one attached hydrogen (secondary N) is 1. The van der Waals surface area contributed by atoms with Crippen LogP contribution in [0.4, 0.5) is 10.1 Å². The average molecular weight is 388 g/mol. The maximum absolute atomic E-state index is 12.9. The van der Waals surface area contributed by atoms with Gasteiger partial charge in [0.25, 0.3) is 5.69 Å². The molecular formula is C9H10FIN2O4S. The van der Waals surface area contributed by atoms with Gasteiger partial charge < -0.3 is 0 Å². The standard InChI is InChI=1S/C9H10FIN2O4S/c10-7-2-3-9(8(6-7)13(14)15)18(16,17)12-5-1-4-11/h2-3,6,12H,1,4-5H2. The summed E-state index contributed by atoms with van der Waals surface area (Å²) in [4.78, 5) is 9.25. The second-order valence-corrected chi connectivity index (χ2v) is 6.12. The molecule has 6 nitrogen and oxygen atoms in total. The summed E-state index contributed by atoms with van der Waals surface area (Å²) >= 11 is 2.08. The van der Waals surface area contributed by atoms with E-state index in [4.69, 9.17) is 0 Å². The SMILES string of the molecule is O=[N+]([O-])c1cc(F)ccc1S(=O)(=O)NCCCI. The van der Waals surface area contributed by atoms with Crippen molar-refractivity contribution >= 4 is 38.3 Å². The first-order valence-electron chi connectivity index (χ1n) is 4.88. The van der Waals surface area contributed by atoms with E-state index in [0.717, 1.165) is 16.6 Å². The molecule has 0 unspecified atom stereocenters. The first-order chi connectivity index (χ1) is 8.38. The molecule has 0 saturated carbocycles. The predicted octanol–water partition coefficient (Wildman–Crippen LogP) is 1.84. The number of sulfonamides is 1. The number of halogens is 2. The van der Waals surface area contributed by atoms with Crippen molar-refractivity contribution < 1.29 is 17.7 Å². The summed E-state index contributed by atoms with van der Waals surface area (Å²) in [6.07, 6.45) is 0.606. The number of alkyl halides is 1. The molecule has 0 spiro atoms. The van der Waals surface area contributed by atoms with Crippen molar-refractivity contribution in [1.29, 1.82) is 0 Å². The lowest BCUT2D eigenvalue weighted by atomic mass is 10.3. The Bertz CT molecular complexity index is 549. The van der Waals surface area contributed by atoms with Crippen molar-refractivity contribution in [3.05, 3.63) is 34.1 Å². The number of hydrogen-bond donors (Lipinski definition) is 1. The number of hydrogen-bond acceptors (Lipinski definition) is 4. The summed E-state index contributed by atoms with van der Waals surface area (Å²) < 4.78 is 39.5. The van der Waals surface area contributed by atoms with Gasteiger partial charge in [0.05, 0.1) is 11.0 Å². The zero-order chi connectivity index (χ0) is 13.8. The third-order valence-corrected chi connectivity index (χ3v) is 4.28. The minimum absolute atomic E-state index is 0.180. The molecule has 0 fully saturated rings. The topological polar surface area (TPSA) is 89.3 Å². The molecule has 1 N–H and O–H groups in total. The Morgan fingerprint density at radius 3 is 2.67 bits per heavy atom. The van der Waals surface area contributed by atoms with Gasteiger partial charge in [-0.3, -0.25) is 10.1 Å². The van der Waals surface area contributed by atoms with E-state index in [1.54, 1.807) is 0 Å².